The Morgan fingerprint density at radius 2 is 1.71 bits per heavy atom. The molecule has 1 fully saturated rings. The van der Waals surface area contributed by atoms with Gasteiger partial charge in [-0.2, -0.15) is 13.2 Å². The van der Waals surface area contributed by atoms with E-state index in [-0.39, 0.29) is 17.1 Å². The van der Waals surface area contributed by atoms with Gasteiger partial charge < -0.3 is 9.32 Å². The second-order valence-electron chi connectivity index (χ2n) is 6.11. The van der Waals surface area contributed by atoms with Crippen LogP contribution in [0.5, 0.6) is 0 Å². The number of nitrogens with zero attached hydrogens (tertiary/aromatic N) is 3. The van der Waals surface area contributed by atoms with Crippen molar-refractivity contribution in [2.24, 2.45) is 0 Å². The zero-order chi connectivity index (χ0) is 19.9. The molecule has 1 aliphatic heterocycles. The quantitative estimate of drug-likeness (QED) is 0.524. The minimum Gasteiger partial charge on any atom is -0.413 e. The highest BCUT2D eigenvalue weighted by Crippen LogP contribution is 2.45. The lowest BCUT2D eigenvalue weighted by Crippen LogP contribution is -2.20. The van der Waals surface area contributed by atoms with Crippen LogP contribution in [0.4, 0.5) is 23.2 Å². The molecule has 0 spiro atoms. The molecule has 4 nitrogen and oxygen atoms in total. The van der Waals surface area contributed by atoms with Crippen LogP contribution in [-0.4, -0.2) is 16.0 Å². The summed E-state index contributed by atoms with van der Waals surface area (Å²) in [5, 5.41) is 6.42. The number of halogens is 4. The average Bonchev–Trinajstić information content (AvgIpc) is 3.30. The van der Waals surface area contributed by atoms with Gasteiger partial charge >= 0.3 is 12.1 Å². The van der Waals surface area contributed by atoms with Crippen LogP contribution >= 0.6 is 11.8 Å². The molecular weight excluding hydrogens is 394 g/mol. The fourth-order valence-electron chi connectivity index (χ4n) is 2.89. The molecule has 3 aromatic rings. The molecule has 144 valence electrons. The van der Waals surface area contributed by atoms with Gasteiger partial charge in [0.2, 0.25) is 5.89 Å². The maximum atomic E-state index is 13.2. The summed E-state index contributed by atoms with van der Waals surface area (Å²) in [6, 6.07) is 13.0. The first-order valence-electron chi connectivity index (χ1n) is 8.18. The van der Waals surface area contributed by atoms with Gasteiger partial charge in [-0.25, -0.2) is 4.39 Å². The second kappa shape index (κ2) is 6.97. The molecule has 0 N–H and O–H groups in total. The van der Waals surface area contributed by atoms with Crippen molar-refractivity contribution in [1.82, 2.24) is 10.2 Å². The number of alkyl halides is 3. The van der Waals surface area contributed by atoms with Gasteiger partial charge in [-0.1, -0.05) is 18.7 Å². The predicted molar refractivity (Wildman–Crippen MR) is 98.0 cm³/mol. The fraction of sp³-hybridized carbons (Fsp3) is 0.158. The summed E-state index contributed by atoms with van der Waals surface area (Å²) >= 11 is 1.66. The number of thioether (sulfide) groups is 1. The Kier molecular flexibility index (Phi) is 4.62. The van der Waals surface area contributed by atoms with Crippen molar-refractivity contribution >= 4 is 17.4 Å². The summed E-state index contributed by atoms with van der Waals surface area (Å²) in [5.74, 6) is -1.18. The van der Waals surface area contributed by atoms with E-state index in [1.807, 2.05) is 4.90 Å². The summed E-state index contributed by atoms with van der Waals surface area (Å²) in [5.41, 5.74) is 3.00. The van der Waals surface area contributed by atoms with E-state index in [0.717, 1.165) is 16.9 Å². The Morgan fingerprint density at radius 3 is 2.32 bits per heavy atom. The van der Waals surface area contributed by atoms with Crippen LogP contribution in [0.2, 0.25) is 0 Å². The first-order valence-corrected chi connectivity index (χ1v) is 9.23. The van der Waals surface area contributed by atoms with Crippen molar-refractivity contribution in [2.75, 3.05) is 10.7 Å². The largest absolute Gasteiger partial charge is 0.470 e. The molecule has 1 aromatic heterocycles. The maximum absolute atomic E-state index is 13.2. The van der Waals surface area contributed by atoms with E-state index in [0.29, 0.717) is 11.3 Å². The Hall–Kier alpha value is -2.81. The van der Waals surface area contributed by atoms with Crippen LogP contribution in [0.3, 0.4) is 0 Å². The van der Waals surface area contributed by atoms with E-state index in [9.17, 15) is 17.6 Å². The highest BCUT2D eigenvalue weighted by molar-refractivity contribution is 8.00. The number of hydrogen-bond acceptors (Lipinski definition) is 5. The molecule has 0 bridgehead atoms. The number of anilines is 1. The molecule has 1 unspecified atom stereocenters. The molecule has 1 atom stereocenters. The Balaban J connectivity index is 1.61. The van der Waals surface area contributed by atoms with Crippen molar-refractivity contribution in [3.8, 4) is 11.5 Å². The third kappa shape index (κ3) is 3.49. The van der Waals surface area contributed by atoms with E-state index in [1.54, 1.807) is 48.2 Å². The molecular formula is C19H13F4N3OS. The predicted octanol–water partition coefficient (Wildman–Crippen LogP) is 5.66. The third-order valence-electron chi connectivity index (χ3n) is 4.20. The van der Waals surface area contributed by atoms with Gasteiger partial charge in [0, 0.05) is 22.7 Å². The van der Waals surface area contributed by atoms with Gasteiger partial charge in [0.15, 0.2) is 0 Å². The van der Waals surface area contributed by atoms with Crippen molar-refractivity contribution in [1.29, 1.82) is 0 Å². The Morgan fingerprint density at radius 1 is 1.04 bits per heavy atom. The summed E-state index contributed by atoms with van der Waals surface area (Å²) in [7, 11) is 0. The SMILES string of the molecule is C=C1CSC(c2ccc(F)cc2)N1c1ccc(-c2nnc(C(F)(F)F)o2)cc1. The van der Waals surface area contributed by atoms with Crippen molar-refractivity contribution < 1.29 is 22.0 Å². The van der Waals surface area contributed by atoms with Crippen LogP contribution < -0.4 is 4.90 Å². The zero-order valence-electron chi connectivity index (χ0n) is 14.3. The maximum Gasteiger partial charge on any atom is 0.470 e. The van der Waals surface area contributed by atoms with E-state index < -0.39 is 12.1 Å². The molecule has 4 rings (SSSR count). The monoisotopic (exact) mass is 407 g/mol. The second-order valence-corrected chi connectivity index (χ2v) is 7.18. The van der Waals surface area contributed by atoms with E-state index in [2.05, 4.69) is 16.8 Å². The number of rotatable bonds is 3. The smallest absolute Gasteiger partial charge is 0.413 e. The molecule has 2 heterocycles. The molecule has 1 aliphatic rings. The summed E-state index contributed by atoms with van der Waals surface area (Å²) in [4.78, 5) is 2.01. The normalized spacial score (nSPS) is 17.4. The molecule has 1 saturated heterocycles. The standard InChI is InChI=1S/C19H13F4N3OS/c1-11-10-28-17(13-2-6-14(20)7-3-13)26(11)15-8-4-12(5-9-15)16-24-25-18(27-16)19(21,22)23/h2-9,17H,1,10H2. The number of aromatic nitrogens is 2. The minimum absolute atomic E-state index is 0.0702. The molecule has 9 heteroatoms. The van der Waals surface area contributed by atoms with E-state index in [1.165, 1.54) is 12.1 Å². The van der Waals surface area contributed by atoms with Crippen LogP contribution in [0.25, 0.3) is 11.5 Å². The lowest BCUT2D eigenvalue weighted by molar-refractivity contribution is -0.156. The first kappa shape index (κ1) is 18.5. The third-order valence-corrected chi connectivity index (χ3v) is 5.50. The number of hydrogen-bond donors (Lipinski definition) is 0. The van der Waals surface area contributed by atoms with Crippen LogP contribution in [0.1, 0.15) is 16.8 Å². The van der Waals surface area contributed by atoms with Crippen LogP contribution in [0.15, 0.2) is 65.2 Å². The summed E-state index contributed by atoms with van der Waals surface area (Å²) < 4.78 is 55.8. The Bertz CT molecular complexity index is 999. The van der Waals surface area contributed by atoms with E-state index >= 15 is 0 Å². The minimum atomic E-state index is -4.68. The van der Waals surface area contributed by atoms with Crippen molar-refractivity contribution in [2.45, 2.75) is 11.6 Å². The van der Waals surface area contributed by atoms with Gasteiger partial charge in [0.25, 0.3) is 0 Å². The van der Waals surface area contributed by atoms with Gasteiger partial charge in [-0.15, -0.1) is 22.0 Å². The Labute approximate surface area is 161 Å². The lowest BCUT2D eigenvalue weighted by Gasteiger charge is -2.27. The van der Waals surface area contributed by atoms with Crippen molar-refractivity contribution in [3.05, 3.63) is 78.1 Å². The first-order chi connectivity index (χ1) is 13.3. The fourth-order valence-corrected chi connectivity index (χ4v) is 4.15. The molecule has 2 aromatic carbocycles. The van der Waals surface area contributed by atoms with Gasteiger partial charge in [-0.3, -0.25) is 0 Å². The molecule has 0 amide bonds. The molecule has 0 saturated carbocycles. The molecule has 0 radical (unpaired) electrons. The van der Waals surface area contributed by atoms with Gasteiger partial charge in [0.05, 0.1) is 0 Å². The average molecular weight is 407 g/mol. The molecule has 0 aliphatic carbocycles. The van der Waals surface area contributed by atoms with Crippen LogP contribution in [-0.2, 0) is 6.18 Å². The highest BCUT2D eigenvalue weighted by Gasteiger charge is 2.38. The van der Waals surface area contributed by atoms with Gasteiger partial charge in [0.1, 0.15) is 11.2 Å². The highest BCUT2D eigenvalue weighted by atomic mass is 32.2. The lowest BCUT2D eigenvalue weighted by atomic mass is 10.1. The summed E-state index contributed by atoms with van der Waals surface area (Å²) in [6.07, 6.45) is -4.68. The van der Waals surface area contributed by atoms with Gasteiger partial charge in [-0.05, 0) is 42.0 Å². The topological polar surface area (TPSA) is 42.2 Å². The van der Waals surface area contributed by atoms with Crippen molar-refractivity contribution in [3.63, 3.8) is 0 Å². The molecule has 28 heavy (non-hydrogen) atoms. The number of benzene rings is 2. The zero-order valence-corrected chi connectivity index (χ0v) is 15.1. The van der Waals surface area contributed by atoms with E-state index in [4.69, 9.17) is 4.42 Å². The summed E-state index contributed by atoms with van der Waals surface area (Å²) in [6.45, 7) is 4.08. The van der Waals surface area contributed by atoms with Crippen LogP contribution in [0, 0.1) is 5.82 Å².